The number of aliphatic imine (C=N–C) groups is 1. The number of hydrogen-bond donors (Lipinski definition) is 1. The van der Waals surface area contributed by atoms with Crippen LogP contribution in [0.1, 0.15) is 18.4 Å². The van der Waals surface area contributed by atoms with Gasteiger partial charge in [-0.3, -0.25) is 10.2 Å². The van der Waals surface area contributed by atoms with Crippen LogP contribution in [-0.4, -0.2) is 65.4 Å². The van der Waals surface area contributed by atoms with Crippen molar-refractivity contribution in [2.24, 2.45) is 10.1 Å². The maximum Gasteiger partial charge on any atom is 0.283 e. The quantitative estimate of drug-likeness (QED) is 0.464. The standard InChI is InChI=1S/C25H25N5O4S/c1-32-21-16-17(9-10-20(21)34-14-13-33-18-7-3-2-4-8-18)15-19-22(26)30-24(27-23(19)31)35-25(28-30)29-11-5-6-12-29/h2-4,7-10,15-16,26H,5-6,11-14H2,1H3/b19-15+,26-22?. The Bertz CT molecular complexity index is 1220. The minimum absolute atomic E-state index is 0.0130. The minimum Gasteiger partial charge on any atom is -0.493 e. The molecular formula is C25H25N5O4S. The second kappa shape index (κ2) is 10.2. The Morgan fingerprint density at radius 2 is 1.80 bits per heavy atom. The number of ether oxygens (including phenoxy) is 3. The Kier molecular flexibility index (Phi) is 6.71. The second-order valence-electron chi connectivity index (χ2n) is 8.02. The molecule has 1 saturated heterocycles. The van der Waals surface area contributed by atoms with Gasteiger partial charge in [0.2, 0.25) is 5.17 Å². The molecule has 1 amide bonds. The molecule has 3 aliphatic heterocycles. The molecule has 180 valence electrons. The lowest BCUT2D eigenvalue weighted by molar-refractivity contribution is -0.114. The number of carbonyl (C=O) groups excluding carboxylic acids is 1. The van der Waals surface area contributed by atoms with E-state index in [0.717, 1.165) is 36.8 Å². The average Bonchev–Trinajstić information content (AvgIpc) is 3.56. The fourth-order valence-corrected chi connectivity index (χ4v) is 4.85. The Labute approximate surface area is 207 Å². The van der Waals surface area contributed by atoms with Gasteiger partial charge in [-0.2, -0.15) is 10.0 Å². The van der Waals surface area contributed by atoms with E-state index in [1.165, 1.54) is 16.8 Å². The van der Waals surface area contributed by atoms with Gasteiger partial charge in [0, 0.05) is 13.1 Å². The van der Waals surface area contributed by atoms with Crippen molar-refractivity contribution in [3.8, 4) is 17.2 Å². The van der Waals surface area contributed by atoms with E-state index in [2.05, 4.69) is 15.0 Å². The number of thioether (sulfide) groups is 1. The summed E-state index contributed by atoms with van der Waals surface area (Å²) in [5.41, 5.74) is 0.866. The highest BCUT2D eigenvalue weighted by Crippen LogP contribution is 2.32. The van der Waals surface area contributed by atoms with Gasteiger partial charge in [0.25, 0.3) is 5.91 Å². The number of hydrazone groups is 1. The van der Waals surface area contributed by atoms with E-state index in [-0.39, 0.29) is 11.4 Å². The van der Waals surface area contributed by atoms with Crippen molar-refractivity contribution in [2.75, 3.05) is 33.4 Å². The van der Waals surface area contributed by atoms with E-state index in [1.807, 2.05) is 30.3 Å². The van der Waals surface area contributed by atoms with Gasteiger partial charge in [-0.25, -0.2) is 0 Å². The van der Waals surface area contributed by atoms with Crippen LogP contribution in [-0.2, 0) is 4.79 Å². The van der Waals surface area contributed by atoms with Gasteiger partial charge >= 0.3 is 0 Å². The van der Waals surface area contributed by atoms with Crippen LogP contribution in [0.3, 0.4) is 0 Å². The summed E-state index contributed by atoms with van der Waals surface area (Å²) in [5, 5.41) is 15.8. The van der Waals surface area contributed by atoms with E-state index in [1.54, 1.807) is 31.4 Å². The molecule has 3 heterocycles. The molecule has 35 heavy (non-hydrogen) atoms. The number of carbonyl (C=O) groups is 1. The SMILES string of the molecule is COc1cc(/C=C2\C(=N)N3N=C(N4CCCC4)SC3=NC2=O)ccc1OCCOc1ccccc1. The maximum atomic E-state index is 12.7. The van der Waals surface area contributed by atoms with Crippen LogP contribution >= 0.6 is 11.8 Å². The van der Waals surface area contributed by atoms with Crippen LogP contribution in [0.4, 0.5) is 0 Å². The highest BCUT2D eigenvalue weighted by molar-refractivity contribution is 8.26. The highest BCUT2D eigenvalue weighted by Gasteiger charge is 2.37. The lowest BCUT2D eigenvalue weighted by Crippen LogP contribution is -2.35. The van der Waals surface area contributed by atoms with E-state index in [4.69, 9.17) is 19.6 Å². The maximum absolute atomic E-state index is 12.7. The van der Waals surface area contributed by atoms with Crippen LogP contribution in [0.25, 0.3) is 6.08 Å². The Morgan fingerprint density at radius 1 is 1.03 bits per heavy atom. The third-order valence-corrected chi connectivity index (χ3v) is 6.64. The van der Waals surface area contributed by atoms with Gasteiger partial charge in [-0.15, -0.1) is 5.10 Å². The topological polar surface area (TPSA) is 99.8 Å². The molecule has 2 aromatic carbocycles. The first kappa shape index (κ1) is 23.0. The molecule has 0 atom stereocenters. The fourth-order valence-electron chi connectivity index (χ4n) is 3.91. The molecule has 0 aliphatic carbocycles. The third-order valence-electron chi connectivity index (χ3n) is 5.67. The molecule has 0 radical (unpaired) electrons. The van der Waals surface area contributed by atoms with Crippen molar-refractivity contribution in [1.29, 1.82) is 5.41 Å². The van der Waals surface area contributed by atoms with Crippen LogP contribution in [0.2, 0.25) is 0 Å². The molecule has 1 N–H and O–H groups in total. The Morgan fingerprint density at radius 3 is 2.57 bits per heavy atom. The lowest BCUT2D eigenvalue weighted by atomic mass is 10.1. The van der Waals surface area contributed by atoms with Crippen LogP contribution in [0.15, 0.2) is 64.2 Å². The molecular weight excluding hydrogens is 466 g/mol. The first-order chi connectivity index (χ1) is 17.1. The van der Waals surface area contributed by atoms with Crippen molar-refractivity contribution < 1.29 is 19.0 Å². The molecule has 3 aliphatic rings. The number of fused-ring (bicyclic) bond motifs is 1. The smallest absolute Gasteiger partial charge is 0.283 e. The molecule has 0 spiro atoms. The number of amidine groups is 3. The van der Waals surface area contributed by atoms with Crippen LogP contribution in [0.5, 0.6) is 17.2 Å². The van der Waals surface area contributed by atoms with E-state index >= 15 is 0 Å². The third kappa shape index (κ3) is 5.02. The summed E-state index contributed by atoms with van der Waals surface area (Å²) >= 11 is 1.34. The molecule has 0 unspecified atom stereocenters. The van der Waals surface area contributed by atoms with Gasteiger partial charge in [0.15, 0.2) is 22.5 Å². The molecule has 10 heteroatoms. The van der Waals surface area contributed by atoms with Gasteiger partial charge in [0.05, 0.1) is 12.7 Å². The monoisotopic (exact) mass is 491 g/mol. The summed E-state index contributed by atoms with van der Waals surface area (Å²) in [7, 11) is 1.56. The molecule has 1 fully saturated rings. The van der Waals surface area contributed by atoms with Crippen LogP contribution in [0, 0.1) is 5.41 Å². The minimum atomic E-state index is -0.455. The lowest BCUT2D eigenvalue weighted by Gasteiger charge is -2.20. The van der Waals surface area contributed by atoms with Crippen molar-refractivity contribution in [2.45, 2.75) is 12.8 Å². The molecule has 0 aromatic heterocycles. The first-order valence-corrected chi connectivity index (χ1v) is 12.2. The van der Waals surface area contributed by atoms with Crippen molar-refractivity contribution in [3.63, 3.8) is 0 Å². The first-order valence-electron chi connectivity index (χ1n) is 11.4. The van der Waals surface area contributed by atoms with E-state index < -0.39 is 5.91 Å². The van der Waals surface area contributed by atoms with Gasteiger partial charge < -0.3 is 19.1 Å². The highest BCUT2D eigenvalue weighted by atomic mass is 32.2. The number of para-hydroxylation sites is 1. The molecule has 5 rings (SSSR count). The van der Waals surface area contributed by atoms with Crippen LogP contribution < -0.4 is 14.2 Å². The molecule has 9 nitrogen and oxygen atoms in total. The summed E-state index contributed by atoms with van der Waals surface area (Å²) in [6, 6.07) is 14.9. The normalized spacial score (nSPS) is 18.5. The number of likely N-dealkylation sites (tertiary alicyclic amines) is 1. The largest absolute Gasteiger partial charge is 0.493 e. The molecule has 0 bridgehead atoms. The molecule has 2 aromatic rings. The number of nitrogens with one attached hydrogen (secondary N) is 1. The number of benzene rings is 2. The van der Waals surface area contributed by atoms with Gasteiger partial charge in [-0.05, 0) is 60.5 Å². The predicted octanol–water partition coefficient (Wildman–Crippen LogP) is 3.83. The van der Waals surface area contributed by atoms with E-state index in [9.17, 15) is 4.79 Å². The number of methoxy groups -OCH3 is 1. The number of rotatable bonds is 7. The summed E-state index contributed by atoms with van der Waals surface area (Å²) < 4.78 is 17.0. The summed E-state index contributed by atoms with van der Waals surface area (Å²) in [4.78, 5) is 19.1. The van der Waals surface area contributed by atoms with E-state index in [0.29, 0.717) is 35.4 Å². The number of hydrogen-bond acceptors (Lipinski definition) is 8. The zero-order valence-corrected chi connectivity index (χ0v) is 20.1. The molecule has 0 saturated carbocycles. The second-order valence-corrected chi connectivity index (χ2v) is 8.95. The zero-order chi connectivity index (χ0) is 24.2. The summed E-state index contributed by atoms with van der Waals surface area (Å²) in [5.74, 6) is 1.42. The fraction of sp³-hybridized carbons (Fsp3) is 0.280. The zero-order valence-electron chi connectivity index (χ0n) is 19.3. The van der Waals surface area contributed by atoms with Crippen molar-refractivity contribution in [3.05, 3.63) is 59.7 Å². The Hall–Kier alpha value is -3.79. The summed E-state index contributed by atoms with van der Waals surface area (Å²) in [6.07, 6.45) is 3.87. The van der Waals surface area contributed by atoms with Crippen molar-refractivity contribution in [1.82, 2.24) is 9.91 Å². The Balaban J connectivity index is 1.27. The average molecular weight is 492 g/mol. The van der Waals surface area contributed by atoms with Crippen molar-refractivity contribution >= 4 is 39.9 Å². The summed E-state index contributed by atoms with van der Waals surface area (Å²) in [6.45, 7) is 2.60. The van der Waals surface area contributed by atoms with Gasteiger partial charge in [0.1, 0.15) is 19.0 Å². The number of amides is 1. The predicted molar refractivity (Wildman–Crippen MR) is 136 cm³/mol. The number of nitrogens with zero attached hydrogens (tertiary/aromatic N) is 4. The van der Waals surface area contributed by atoms with Gasteiger partial charge in [-0.1, -0.05) is 24.3 Å².